The van der Waals surface area contributed by atoms with Crippen LogP contribution in [-0.2, 0) is 6.54 Å². The Hall–Kier alpha value is -2.07. The number of hydrogen-bond acceptors (Lipinski definition) is 3. The second-order valence-electron chi connectivity index (χ2n) is 3.65. The number of rotatable bonds is 2. The molecule has 2 heterocycles. The van der Waals surface area contributed by atoms with Gasteiger partial charge in [-0.1, -0.05) is 6.07 Å². The summed E-state index contributed by atoms with van der Waals surface area (Å²) >= 11 is 0. The summed E-state index contributed by atoms with van der Waals surface area (Å²) in [5.74, 6) is 0.818. The molecule has 4 heteroatoms. The number of hydrogen-bond donors (Lipinski definition) is 2. The number of fused-ring (bicyclic) bond motifs is 1. The number of nitrogens with two attached hydrogens (primary N) is 1. The van der Waals surface area contributed by atoms with Gasteiger partial charge in [0.1, 0.15) is 12.1 Å². The van der Waals surface area contributed by atoms with Gasteiger partial charge in [-0.15, -0.1) is 0 Å². The second kappa shape index (κ2) is 3.50. The van der Waals surface area contributed by atoms with Gasteiger partial charge < -0.3 is 15.1 Å². The lowest BCUT2D eigenvalue weighted by Crippen LogP contribution is -1.95. The molecule has 3 aromatic rings. The van der Waals surface area contributed by atoms with E-state index in [1.807, 2.05) is 24.3 Å². The van der Waals surface area contributed by atoms with Gasteiger partial charge in [-0.25, -0.2) is 4.98 Å². The second-order valence-corrected chi connectivity index (χ2v) is 3.65. The van der Waals surface area contributed by atoms with Crippen LogP contribution in [0.4, 0.5) is 0 Å². The molecule has 0 aliphatic carbocycles. The minimum absolute atomic E-state index is 0.538. The van der Waals surface area contributed by atoms with Gasteiger partial charge in [0.25, 0.3) is 0 Å². The van der Waals surface area contributed by atoms with E-state index in [-0.39, 0.29) is 0 Å². The van der Waals surface area contributed by atoms with Crippen LogP contribution in [0.2, 0.25) is 0 Å². The van der Waals surface area contributed by atoms with E-state index < -0.39 is 0 Å². The number of aromatic nitrogens is 2. The van der Waals surface area contributed by atoms with E-state index in [0.29, 0.717) is 6.54 Å². The zero-order valence-electron chi connectivity index (χ0n) is 8.60. The van der Waals surface area contributed by atoms with Crippen molar-refractivity contribution < 1.29 is 4.42 Å². The summed E-state index contributed by atoms with van der Waals surface area (Å²) in [6.45, 7) is 0.538. The number of nitrogens with one attached hydrogen (secondary N) is 1. The van der Waals surface area contributed by atoms with Crippen molar-refractivity contribution in [3.8, 4) is 11.4 Å². The predicted molar refractivity (Wildman–Crippen MR) is 61.7 cm³/mol. The zero-order chi connectivity index (χ0) is 11.0. The third kappa shape index (κ3) is 1.40. The molecule has 0 saturated carbocycles. The molecule has 3 rings (SSSR count). The molecule has 0 aliphatic heterocycles. The van der Waals surface area contributed by atoms with Crippen molar-refractivity contribution in [2.75, 3.05) is 0 Å². The summed E-state index contributed by atoms with van der Waals surface area (Å²) in [7, 11) is 0. The number of imidazole rings is 1. The van der Waals surface area contributed by atoms with Gasteiger partial charge in [0.2, 0.25) is 0 Å². The van der Waals surface area contributed by atoms with Crippen LogP contribution in [0.3, 0.4) is 0 Å². The molecule has 0 fully saturated rings. The standard InChI is InChI=1S/C12H11N3O/c13-6-8-1-2-10-11(5-8)15-12(14-10)9-3-4-16-7-9/h1-5,7H,6,13H2,(H,14,15). The molecule has 0 bridgehead atoms. The molecule has 16 heavy (non-hydrogen) atoms. The van der Waals surface area contributed by atoms with Crippen LogP contribution in [-0.4, -0.2) is 9.97 Å². The van der Waals surface area contributed by atoms with E-state index in [0.717, 1.165) is 28.0 Å². The molecule has 80 valence electrons. The minimum Gasteiger partial charge on any atom is -0.472 e. The third-order valence-electron chi connectivity index (χ3n) is 2.58. The van der Waals surface area contributed by atoms with Crippen molar-refractivity contribution in [2.45, 2.75) is 6.54 Å². The quantitative estimate of drug-likeness (QED) is 0.686. The maximum Gasteiger partial charge on any atom is 0.141 e. The summed E-state index contributed by atoms with van der Waals surface area (Å²) in [4.78, 5) is 7.72. The fourth-order valence-electron chi connectivity index (χ4n) is 1.72. The number of furan rings is 1. The van der Waals surface area contributed by atoms with E-state index in [1.165, 1.54) is 0 Å². The maximum atomic E-state index is 5.59. The number of H-pyrrole nitrogens is 1. The first-order chi connectivity index (χ1) is 7.86. The first-order valence-corrected chi connectivity index (χ1v) is 5.08. The van der Waals surface area contributed by atoms with Crippen LogP contribution >= 0.6 is 0 Å². The molecule has 0 spiro atoms. The third-order valence-corrected chi connectivity index (χ3v) is 2.58. The number of nitrogens with zero attached hydrogens (tertiary/aromatic N) is 1. The number of aromatic amines is 1. The summed E-state index contributed by atoms with van der Waals surface area (Å²) in [6, 6.07) is 7.85. The Balaban J connectivity index is 2.16. The monoisotopic (exact) mass is 213 g/mol. The van der Waals surface area contributed by atoms with Crippen LogP contribution in [0.15, 0.2) is 41.2 Å². The fourth-order valence-corrected chi connectivity index (χ4v) is 1.72. The summed E-state index contributed by atoms with van der Waals surface area (Å²) in [5, 5.41) is 0. The highest BCUT2D eigenvalue weighted by molar-refractivity contribution is 5.79. The molecule has 4 nitrogen and oxygen atoms in total. The Morgan fingerprint density at radius 2 is 2.25 bits per heavy atom. The lowest BCUT2D eigenvalue weighted by molar-refractivity contribution is 0.568. The summed E-state index contributed by atoms with van der Waals surface area (Å²) in [6.07, 6.45) is 3.30. The topological polar surface area (TPSA) is 67.8 Å². The largest absolute Gasteiger partial charge is 0.472 e. The van der Waals surface area contributed by atoms with Gasteiger partial charge >= 0.3 is 0 Å². The molecule has 0 saturated heterocycles. The highest BCUT2D eigenvalue weighted by atomic mass is 16.3. The van der Waals surface area contributed by atoms with Crippen LogP contribution in [0.5, 0.6) is 0 Å². The normalized spacial score (nSPS) is 11.1. The van der Waals surface area contributed by atoms with Crippen molar-refractivity contribution in [2.24, 2.45) is 5.73 Å². The Labute approximate surface area is 92.1 Å². The van der Waals surface area contributed by atoms with E-state index in [1.54, 1.807) is 12.5 Å². The predicted octanol–water partition coefficient (Wildman–Crippen LogP) is 2.28. The van der Waals surface area contributed by atoms with Crippen molar-refractivity contribution >= 4 is 11.0 Å². The fraction of sp³-hybridized carbons (Fsp3) is 0.0833. The molecular weight excluding hydrogens is 202 g/mol. The molecule has 1 aromatic carbocycles. The van der Waals surface area contributed by atoms with E-state index in [9.17, 15) is 0 Å². The molecule has 0 radical (unpaired) electrons. The Morgan fingerprint density at radius 3 is 3.00 bits per heavy atom. The van der Waals surface area contributed by atoms with Gasteiger partial charge in [0.05, 0.1) is 22.9 Å². The van der Waals surface area contributed by atoms with E-state index in [2.05, 4.69) is 9.97 Å². The molecular formula is C12H11N3O. The smallest absolute Gasteiger partial charge is 0.141 e. The minimum atomic E-state index is 0.538. The van der Waals surface area contributed by atoms with Gasteiger partial charge in [0.15, 0.2) is 0 Å². The molecule has 0 unspecified atom stereocenters. The van der Waals surface area contributed by atoms with Crippen molar-refractivity contribution in [1.82, 2.24) is 9.97 Å². The molecule has 2 aromatic heterocycles. The molecule has 0 atom stereocenters. The average molecular weight is 213 g/mol. The van der Waals surface area contributed by atoms with Gasteiger partial charge in [-0.2, -0.15) is 0 Å². The van der Waals surface area contributed by atoms with Crippen LogP contribution in [0, 0.1) is 0 Å². The SMILES string of the molecule is NCc1ccc2nc(-c3ccoc3)[nH]c2c1. The van der Waals surface area contributed by atoms with E-state index >= 15 is 0 Å². The van der Waals surface area contributed by atoms with Crippen molar-refractivity contribution in [1.29, 1.82) is 0 Å². The average Bonchev–Trinajstić information content (AvgIpc) is 2.96. The number of benzene rings is 1. The van der Waals surface area contributed by atoms with Gasteiger partial charge in [-0.05, 0) is 23.8 Å². The molecule has 0 amide bonds. The Morgan fingerprint density at radius 1 is 1.31 bits per heavy atom. The van der Waals surface area contributed by atoms with E-state index in [4.69, 9.17) is 10.2 Å². The lowest BCUT2D eigenvalue weighted by atomic mass is 10.2. The molecule has 0 aliphatic rings. The van der Waals surface area contributed by atoms with Crippen LogP contribution in [0.25, 0.3) is 22.4 Å². The van der Waals surface area contributed by atoms with Crippen molar-refractivity contribution in [3.05, 3.63) is 42.4 Å². The summed E-state index contributed by atoms with van der Waals surface area (Å²) < 4.78 is 5.03. The Kier molecular flexibility index (Phi) is 2.01. The highest BCUT2D eigenvalue weighted by Gasteiger charge is 2.06. The maximum absolute atomic E-state index is 5.59. The van der Waals surface area contributed by atoms with Crippen LogP contribution in [0.1, 0.15) is 5.56 Å². The first kappa shape index (κ1) is 9.18. The lowest BCUT2D eigenvalue weighted by Gasteiger charge is -1.94. The first-order valence-electron chi connectivity index (χ1n) is 5.08. The zero-order valence-corrected chi connectivity index (χ0v) is 8.60. The Bertz CT molecular complexity index is 610. The highest BCUT2D eigenvalue weighted by Crippen LogP contribution is 2.21. The summed E-state index contributed by atoms with van der Waals surface area (Å²) in [5.41, 5.74) is 9.57. The van der Waals surface area contributed by atoms with Gasteiger partial charge in [-0.3, -0.25) is 0 Å². The van der Waals surface area contributed by atoms with Crippen LogP contribution < -0.4 is 5.73 Å². The molecule has 3 N–H and O–H groups in total. The van der Waals surface area contributed by atoms with Crippen molar-refractivity contribution in [3.63, 3.8) is 0 Å². The van der Waals surface area contributed by atoms with Gasteiger partial charge in [0, 0.05) is 6.54 Å².